The first kappa shape index (κ1) is 32.5. The Labute approximate surface area is 225 Å². The van der Waals surface area contributed by atoms with E-state index in [1.807, 2.05) is 66.7 Å². The second-order valence-corrected chi connectivity index (χ2v) is 12.3. The Balaban J connectivity index is 3.64. The molecule has 2 N–H and O–H groups in total. The van der Waals surface area contributed by atoms with Gasteiger partial charge in [-0.1, -0.05) is 45.9 Å². The van der Waals surface area contributed by atoms with E-state index in [1.54, 1.807) is 25.7 Å². The van der Waals surface area contributed by atoms with Gasteiger partial charge in [-0.2, -0.15) is 0 Å². The minimum Gasteiger partial charge on any atom is -0.444 e. The Bertz CT molecular complexity index is 918. The zero-order valence-electron chi connectivity index (χ0n) is 25.2. The maximum atomic E-state index is 14.3. The highest BCUT2D eigenvalue weighted by atomic mass is 16.6. The van der Waals surface area contributed by atoms with Crippen LogP contribution in [-0.4, -0.2) is 46.5 Å². The Morgan fingerprint density at radius 2 is 1.49 bits per heavy atom. The Morgan fingerprint density at radius 1 is 0.892 bits per heavy atom. The zero-order valence-corrected chi connectivity index (χ0v) is 25.2. The van der Waals surface area contributed by atoms with Crippen molar-refractivity contribution >= 4 is 17.9 Å². The van der Waals surface area contributed by atoms with E-state index in [9.17, 15) is 14.4 Å². The monoisotopic (exact) mass is 517 g/mol. The third-order valence-electron chi connectivity index (χ3n) is 6.30. The SMILES string of the molecule is Cc1ccc(C(C(=O)NC(C)C)N(C(=O)C(NC(=O)OC(C)(C)C)C(C)C)C(C)CCC(C)C)cc1C. The van der Waals surface area contributed by atoms with Crippen molar-refractivity contribution in [2.24, 2.45) is 11.8 Å². The first-order valence-electron chi connectivity index (χ1n) is 13.6. The summed E-state index contributed by atoms with van der Waals surface area (Å²) in [6.07, 6.45) is 0.989. The van der Waals surface area contributed by atoms with Crippen LogP contribution in [0.3, 0.4) is 0 Å². The molecule has 0 radical (unpaired) electrons. The third kappa shape index (κ3) is 10.4. The number of hydrogen-bond acceptors (Lipinski definition) is 4. The number of alkyl carbamates (subject to hydrolysis) is 1. The van der Waals surface area contributed by atoms with Crippen molar-refractivity contribution in [1.29, 1.82) is 0 Å². The molecule has 0 aliphatic heterocycles. The van der Waals surface area contributed by atoms with Crippen LogP contribution in [0, 0.1) is 25.7 Å². The van der Waals surface area contributed by atoms with Gasteiger partial charge in [0.15, 0.2) is 0 Å². The number of ether oxygens (including phenoxy) is 1. The number of nitrogens with zero attached hydrogens (tertiary/aromatic N) is 1. The van der Waals surface area contributed by atoms with Crippen LogP contribution in [0.4, 0.5) is 4.79 Å². The lowest BCUT2D eigenvalue weighted by Crippen LogP contribution is -2.57. The fourth-order valence-corrected chi connectivity index (χ4v) is 4.16. The van der Waals surface area contributed by atoms with E-state index in [0.717, 1.165) is 29.5 Å². The lowest BCUT2D eigenvalue weighted by atomic mass is 9.93. The van der Waals surface area contributed by atoms with E-state index in [2.05, 4.69) is 24.5 Å². The normalized spacial score (nSPS) is 14.4. The van der Waals surface area contributed by atoms with Crippen LogP contribution in [0.2, 0.25) is 0 Å². The molecule has 0 fully saturated rings. The fourth-order valence-electron chi connectivity index (χ4n) is 4.16. The number of aryl methyl sites for hydroxylation is 2. The number of rotatable bonds is 11. The molecule has 3 amide bonds. The second-order valence-electron chi connectivity index (χ2n) is 12.3. The van der Waals surface area contributed by atoms with Crippen LogP contribution in [0.25, 0.3) is 0 Å². The summed E-state index contributed by atoms with van der Waals surface area (Å²) in [7, 11) is 0. The Kier molecular flexibility index (Phi) is 12.1. The van der Waals surface area contributed by atoms with Gasteiger partial charge in [-0.15, -0.1) is 0 Å². The van der Waals surface area contributed by atoms with Crippen LogP contribution in [0.15, 0.2) is 18.2 Å². The number of nitrogens with one attached hydrogen (secondary N) is 2. The third-order valence-corrected chi connectivity index (χ3v) is 6.30. The average Bonchev–Trinajstić information content (AvgIpc) is 2.73. The maximum Gasteiger partial charge on any atom is 0.408 e. The molecule has 0 heterocycles. The number of carbonyl (C=O) groups is 3. The topological polar surface area (TPSA) is 87.7 Å². The standard InChI is InChI=1S/C30H51N3O4/c1-18(2)13-15-23(9)33(28(35)25(19(3)4)32-29(36)37-30(10,11)12)26(27(34)31-20(5)6)24-16-14-21(7)22(8)17-24/h14,16-20,23,25-26H,13,15H2,1-12H3,(H,31,34)(H,32,36). The van der Waals surface area contributed by atoms with E-state index in [1.165, 1.54) is 0 Å². The van der Waals surface area contributed by atoms with E-state index in [0.29, 0.717) is 5.92 Å². The molecule has 0 aromatic heterocycles. The molecule has 37 heavy (non-hydrogen) atoms. The van der Waals surface area contributed by atoms with Gasteiger partial charge in [-0.3, -0.25) is 9.59 Å². The summed E-state index contributed by atoms with van der Waals surface area (Å²) in [5.41, 5.74) is 2.22. The van der Waals surface area contributed by atoms with Gasteiger partial charge in [0.2, 0.25) is 11.8 Å². The van der Waals surface area contributed by atoms with Gasteiger partial charge in [0.05, 0.1) is 0 Å². The molecule has 3 atom stereocenters. The summed E-state index contributed by atoms with van der Waals surface area (Å²) in [5, 5.41) is 5.82. The molecule has 210 valence electrons. The Morgan fingerprint density at radius 3 is 1.95 bits per heavy atom. The summed E-state index contributed by atoms with van der Waals surface area (Å²) < 4.78 is 5.46. The Hall–Kier alpha value is -2.57. The van der Waals surface area contributed by atoms with Gasteiger partial charge in [0.1, 0.15) is 17.7 Å². The smallest absolute Gasteiger partial charge is 0.408 e. The number of hydrogen-bond donors (Lipinski definition) is 2. The number of amides is 3. The van der Waals surface area contributed by atoms with Gasteiger partial charge in [0.25, 0.3) is 0 Å². The molecule has 1 rings (SSSR count). The van der Waals surface area contributed by atoms with Gasteiger partial charge >= 0.3 is 6.09 Å². The molecule has 1 aromatic carbocycles. The van der Waals surface area contributed by atoms with Crippen LogP contribution in [0.5, 0.6) is 0 Å². The van der Waals surface area contributed by atoms with Crippen molar-refractivity contribution < 1.29 is 19.1 Å². The molecule has 0 saturated heterocycles. The van der Waals surface area contributed by atoms with Crippen LogP contribution >= 0.6 is 0 Å². The number of benzene rings is 1. The second kappa shape index (κ2) is 13.8. The van der Waals surface area contributed by atoms with E-state index < -0.39 is 23.8 Å². The molecule has 3 unspecified atom stereocenters. The van der Waals surface area contributed by atoms with E-state index in [-0.39, 0.29) is 29.8 Å². The van der Waals surface area contributed by atoms with Crippen molar-refractivity contribution in [1.82, 2.24) is 15.5 Å². The van der Waals surface area contributed by atoms with Crippen molar-refractivity contribution in [3.05, 3.63) is 34.9 Å². The fraction of sp³-hybridized carbons (Fsp3) is 0.700. The molecule has 0 aliphatic carbocycles. The van der Waals surface area contributed by atoms with Crippen molar-refractivity contribution in [2.45, 2.75) is 126 Å². The molecular formula is C30H51N3O4. The van der Waals surface area contributed by atoms with Crippen LogP contribution in [-0.2, 0) is 14.3 Å². The predicted molar refractivity (Wildman–Crippen MR) is 150 cm³/mol. The molecule has 7 heteroatoms. The summed E-state index contributed by atoms with van der Waals surface area (Å²) in [4.78, 5) is 42.4. The van der Waals surface area contributed by atoms with E-state index in [4.69, 9.17) is 4.74 Å². The van der Waals surface area contributed by atoms with Crippen molar-refractivity contribution in [3.63, 3.8) is 0 Å². The van der Waals surface area contributed by atoms with E-state index >= 15 is 0 Å². The molecule has 0 bridgehead atoms. The lowest BCUT2D eigenvalue weighted by molar-refractivity contribution is -0.146. The van der Waals surface area contributed by atoms with Gasteiger partial charge < -0.3 is 20.3 Å². The van der Waals surface area contributed by atoms with Gasteiger partial charge in [-0.25, -0.2) is 4.79 Å². The summed E-state index contributed by atoms with van der Waals surface area (Å²) in [5.74, 6) is -0.292. The molecular weight excluding hydrogens is 466 g/mol. The summed E-state index contributed by atoms with van der Waals surface area (Å²) in [6.45, 7) is 23.2. The zero-order chi connectivity index (χ0) is 28.7. The summed E-state index contributed by atoms with van der Waals surface area (Å²) >= 11 is 0. The first-order chi connectivity index (χ1) is 16.9. The molecule has 0 saturated carbocycles. The molecule has 1 aromatic rings. The summed E-state index contributed by atoms with van der Waals surface area (Å²) in [6, 6.07) is 3.89. The van der Waals surface area contributed by atoms with Crippen molar-refractivity contribution in [2.75, 3.05) is 0 Å². The molecule has 7 nitrogen and oxygen atoms in total. The number of carbonyl (C=O) groups excluding carboxylic acids is 3. The van der Waals surface area contributed by atoms with Crippen LogP contribution in [0.1, 0.15) is 105 Å². The minimum absolute atomic E-state index is 0.0924. The maximum absolute atomic E-state index is 14.3. The highest BCUT2D eigenvalue weighted by Crippen LogP contribution is 2.29. The lowest BCUT2D eigenvalue weighted by Gasteiger charge is -2.40. The average molecular weight is 518 g/mol. The highest BCUT2D eigenvalue weighted by Gasteiger charge is 2.40. The van der Waals surface area contributed by atoms with Gasteiger partial charge in [-0.05, 0) is 96.8 Å². The quantitative estimate of drug-likeness (QED) is 0.373. The molecule has 0 spiro atoms. The first-order valence-corrected chi connectivity index (χ1v) is 13.6. The highest BCUT2D eigenvalue weighted by molar-refractivity contribution is 5.92. The molecule has 0 aliphatic rings. The minimum atomic E-state index is -0.850. The predicted octanol–water partition coefficient (Wildman–Crippen LogP) is 6.07. The van der Waals surface area contributed by atoms with Crippen LogP contribution < -0.4 is 10.6 Å². The van der Waals surface area contributed by atoms with Gasteiger partial charge in [0, 0.05) is 12.1 Å². The van der Waals surface area contributed by atoms with Crippen molar-refractivity contribution in [3.8, 4) is 0 Å². The largest absolute Gasteiger partial charge is 0.444 e.